The summed E-state index contributed by atoms with van der Waals surface area (Å²) >= 11 is 0. The third-order valence-electron chi connectivity index (χ3n) is 6.99. The van der Waals surface area contributed by atoms with Gasteiger partial charge in [-0.2, -0.15) is 0 Å². The highest BCUT2D eigenvalue weighted by Gasteiger charge is 2.63. The van der Waals surface area contributed by atoms with Crippen molar-refractivity contribution in [2.45, 2.75) is 95.5 Å². The molecule has 0 bridgehead atoms. The summed E-state index contributed by atoms with van der Waals surface area (Å²) in [5.41, 5.74) is 1.11. The monoisotopic (exact) mass is 470 g/mol. The van der Waals surface area contributed by atoms with Gasteiger partial charge in [-0.1, -0.05) is 77.9 Å². The molecule has 33 heavy (non-hydrogen) atoms. The minimum atomic E-state index is -2.59. The molecule has 2 aromatic carbocycles. The second-order valence-electron chi connectivity index (χ2n) is 11.5. The van der Waals surface area contributed by atoms with Crippen LogP contribution in [-0.4, -0.2) is 45.9 Å². The quantitative estimate of drug-likeness (QED) is 0.400. The summed E-state index contributed by atoms with van der Waals surface area (Å²) in [7, 11) is -2.59. The Hall–Kier alpha value is -1.57. The van der Waals surface area contributed by atoms with Crippen molar-refractivity contribution in [2.75, 3.05) is 6.61 Å². The van der Waals surface area contributed by atoms with Gasteiger partial charge in [-0.25, -0.2) is 0 Å². The lowest BCUT2D eigenvalue weighted by Gasteiger charge is -2.56. The van der Waals surface area contributed by atoms with Gasteiger partial charge in [0.25, 0.3) is 0 Å². The molecule has 0 aromatic heterocycles. The van der Waals surface area contributed by atoms with E-state index in [0.29, 0.717) is 26.1 Å². The molecule has 0 unspecified atom stereocenters. The lowest BCUT2D eigenvalue weighted by Crippen LogP contribution is -2.67. The van der Waals surface area contributed by atoms with Crippen LogP contribution < -0.4 is 0 Å². The van der Waals surface area contributed by atoms with Crippen molar-refractivity contribution in [2.24, 2.45) is 0 Å². The molecule has 4 rings (SSSR count). The molecule has 0 spiro atoms. The Balaban J connectivity index is 1.52. The molecular formula is C27H38O5Si. The van der Waals surface area contributed by atoms with Gasteiger partial charge in [-0.15, -0.1) is 0 Å². The zero-order chi connectivity index (χ0) is 23.9. The third kappa shape index (κ3) is 4.82. The Morgan fingerprint density at radius 3 is 2.36 bits per heavy atom. The first kappa shape index (κ1) is 24.5. The first-order valence-corrected chi connectivity index (χ1v) is 13.9. The molecule has 2 aliphatic rings. The molecule has 4 atom stereocenters. The fraction of sp³-hybridized carbons (Fsp3) is 0.593. The molecule has 0 aliphatic carbocycles. The predicted octanol–water partition coefficient (Wildman–Crippen LogP) is 5.93. The standard InChI is InChI=1S/C27H38O5Si/c1-26(2,3)33(27(4,5)6)30-18-25-24(32-33)16-23(22(31-25)13-14-28)29-17-19-11-12-20-9-7-8-10-21(20)15-19/h7-12,14-15,22-25H,13,16-18H2,1-6H3/t22-,23+,24-,25+/m0/s1. The molecule has 0 N–H and O–H groups in total. The summed E-state index contributed by atoms with van der Waals surface area (Å²) in [5.74, 6) is 0. The summed E-state index contributed by atoms with van der Waals surface area (Å²) in [5, 5.41) is 2.24. The van der Waals surface area contributed by atoms with Gasteiger partial charge < -0.3 is 23.1 Å². The van der Waals surface area contributed by atoms with Crippen molar-refractivity contribution in [1.29, 1.82) is 0 Å². The highest BCUT2D eigenvalue weighted by Crippen LogP contribution is 2.55. The van der Waals surface area contributed by atoms with Crippen LogP contribution in [0.5, 0.6) is 0 Å². The Bertz CT molecular complexity index is 962. The number of fused-ring (bicyclic) bond motifs is 2. The van der Waals surface area contributed by atoms with Crippen LogP contribution >= 0.6 is 0 Å². The molecule has 0 saturated carbocycles. The molecule has 2 heterocycles. The number of rotatable bonds is 5. The summed E-state index contributed by atoms with van der Waals surface area (Å²) in [4.78, 5) is 11.4. The molecular weight excluding hydrogens is 432 g/mol. The summed E-state index contributed by atoms with van der Waals surface area (Å²) in [6.45, 7) is 14.3. The molecule has 2 fully saturated rings. The van der Waals surface area contributed by atoms with Crippen molar-refractivity contribution in [3.05, 3.63) is 48.0 Å². The van der Waals surface area contributed by atoms with Crippen LogP contribution in [-0.2, 0) is 29.7 Å². The van der Waals surface area contributed by atoms with Gasteiger partial charge in [0.2, 0.25) is 0 Å². The number of hydrogen-bond acceptors (Lipinski definition) is 5. The maximum Gasteiger partial charge on any atom is 0.349 e. The highest BCUT2D eigenvalue weighted by atomic mass is 28.4. The lowest BCUT2D eigenvalue weighted by atomic mass is 9.96. The van der Waals surface area contributed by atoms with Crippen LogP contribution in [0.25, 0.3) is 10.8 Å². The Morgan fingerprint density at radius 1 is 1.00 bits per heavy atom. The van der Waals surface area contributed by atoms with E-state index in [0.717, 1.165) is 11.8 Å². The maximum absolute atomic E-state index is 11.4. The second-order valence-corrected chi connectivity index (χ2v) is 16.2. The third-order valence-corrected chi connectivity index (χ3v) is 12.2. The molecule has 0 radical (unpaired) electrons. The average molecular weight is 471 g/mol. The van der Waals surface area contributed by atoms with E-state index >= 15 is 0 Å². The largest absolute Gasteiger partial charge is 0.391 e. The first-order valence-electron chi connectivity index (χ1n) is 12.0. The van der Waals surface area contributed by atoms with E-state index in [2.05, 4.69) is 71.9 Å². The van der Waals surface area contributed by atoms with Gasteiger partial charge in [-0.05, 0) is 22.4 Å². The van der Waals surface area contributed by atoms with Gasteiger partial charge >= 0.3 is 8.56 Å². The van der Waals surface area contributed by atoms with Crippen molar-refractivity contribution < 1.29 is 23.1 Å². The first-order chi connectivity index (χ1) is 15.5. The average Bonchev–Trinajstić information content (AvgIpc) is 2.75. The SMILES string of the molecule is CC(C)(C)[Si]1(C(C)(C)C)OC[C@H]2O[C@@H](CC=O)[C@H](OCc3ccc4ccccc4c3)C[C@@H]2O1. The van der Waals surface area contributed by atoms with Crippen LogP contribution in [0.3, 0.4) is 0 Å². The number of hydrogen-bond donors (Lipinski definition) is 0. The zero-order valence-corrected chi connectivity index (χ0v) is 21.8. The Kier molecular flexibility index (Phi) is 6.87. The number of carbonyl (C=O) groups is 1. The summed E-state index contributed by atoms with van der Waals surface area (Å²) in [6.07, 6.45) is 1.20. The van der Waals surface area contributed by atoms with Crippen molar-refractivity contribution in [3.63, 3.8) is 0 Å². The van der Waals surface area contributed by atoms with Crippen LogP contribution in [0.1, 0.15) is 59.9 Å². The highest BCUT2D eigenvalue weighted by molar-refractivity contribution is 6.73. The van der Waals surface area contributed by atoms with Crippen molar-refractivity contribution >= 4 is 25.6 Å². The maximum atomic E-state index is 11.4. The van der Waals surface area contributed by atoms with Crippen LogP contribution in [0.2, 0.25) is 10.1 Å². The van der Waals surface area contributed by atoms with Crippen LogP contribution in [0, 0.1) is 0 Å². The molecule has 2 aliphatic heterocycles. The van der Waals surface area contributed by atoms with E-state index in [1.54, 1.807) is 0 Å². The smallest absolute Gasteiger partial charge is 0.349 e. The van der Waals surface area contributed by atoms with Gasteiger partial charge in [0.05, 0.1) is 31.5 Å². The minimum Gasteiger partial charge on any atom is -0.391 e. The topological polar surface area (TPSA) is 54.0 Å². The second kappa shape index (κ2) is 9.23. The molecule has 2 aromatic rings. The van der Waals surface area contributed by atoms with Gasteiger partial charge in [-0.3, -0.25) is 0 Å². The number of ether oxygens (including phenoxy) is 2. The molecule has 180 valence electrons. The summed E-state index contributed by atoms with van der Waals surface area (Å²) < 4.78 is 26.2. The normalized spacial score (nSPS) is 27.8. The summed E-state index contributed by atoms with van der Waals surface area (Å²) in [6, 6.07) is 14.7. The van der Waals surface area contributed by atoms with Crippen molar-refractivity contribution in [1.82, 2.24) is 0 Å². The molecule has 2 saturated heterocycles. The van der Waals surface area contributed by atoms with E-state index < -0.39 is 8.56 Å². The fourth-order valence-corrected chi connectivity index (χ4v) is 10.5. The minimum absolute atomic E-state index is 0.0860. The van der Waals surface area contributed by atoms with E-state index in [1.807, 2.05) is 12.1 Å². The van der Waals surface area contributed by atoms with Gasteiger partial charge in [0, 0.05) is 22.9 Å². The zero-order valence-electron chi connectivity index (χ0n) is 20.8. The van der Waals surface area contributed by atoms with Gasteiger partial charge in [0.1, 0.15) is 12.4 Å². The van der Waals surface area contributed by atoms with Crippen molar-refractivity contribution in [3.8, 4) is 0 Å². The molecule has 6 heteroatoms. The van der Waals surface area contributed by atoms with E-state index in [9.17, 15) is 4.79 Å². The van der Waals surface area contributed by atoms with E-state index in [-0.39, 0.29) is 34.5 Å². The number of aldehydes is 1. The lowest BCUT2D eigenvalue weighted by molar-refractivity contribution is -0.212. The van der Waals surface area contributed by atoms with Crippen LogP contribution in [0.15, 0.2) is 42.5 Å². The fourth-order valence-electron chi connectivity index (χ4n) is 5.57. The predicted molar refractivity (Wildman–Crippen MR) is 132 cm³/mol. The Labute approximate surface area is 199 Å². The Morgan fingerprint density at radius 2 is 1.70 bits per heavy atom. The number of carbonyl (C=O) groups excluding carboxylic acids is 1. The van der Waals surface area contributed by atoms with Gasteiger partial charge in [0.15, 0.2) is 0 Å². The van der Waals surface area contributed by atoms with E-state index in [1.165, 1.54) is 10.8 Å². The van der Waals surface area contributed by atoms with E-state index in [4.69, 9.17) is 18.3 Å². The molecule has 0 amide bonds. The molecule has 5 nitrogen and oxygen atoms in total. The van der Waals surface area contributed by atoms with Crippen LogP contribution in [0.4, 0.5) is 0 Å². The number of benzene rings is 2.